The number of fused-ring (bicyclic) bond motifs is 2. The van der Waals surface area contributed by atoms with Gasteiger partial charge in [-0.3, -0.25) is 19.3 Å². The number of aliphatic hydroxyl groups is 1. The van der Waals surface area contributed by atoms with Crippen molar-refractivity contribution in [2.75, 3.05) is 54.7 Å². The minimum atomic E-state index is -3.56. The zero-order valence-corrected chi connectivity index (χ0v) is 35.3. The lowest BCUT2D eigenvalue weighted by Gasteiger charge is -2.39. The Morgan fingerprint density at radius 1 is 0.932 bits per heavy atom. The number of halogens is 1. The van der Waals surface area contributed by atoms with Gasteiger partial charge >= 0.3 is 0 Å². The summed E-state index contributed by atoms with van der Waals surface area (Å²) in [7, 11) is -2.00. The van der Waals surface area contributed by atoms with Crippen LogP contribution in [0.5, 0.6) is 5.75 Å². The number of carbonyl (C=O) groups is 3. The molecule has 4 aromatic rings. The number of amides is 3. The number of ether oxygens (including phenoxy) is 2. The maximum absolute atomic E-state index is 16.6. The molecular formula is C46H54FN5O6Si. The monoisotopic (exact) mass is 819 g/mol. The van der Waals surface area contributed by atoms with Gasteiger partial charge in [-0.1, -0.05) is 67.6 Å². The first-order valence-electron chi connectivity index (χ1n) is 20.7. The number of benzene rings is 4. The average molecular weight is 820 g/mol. The van der Waals surface area contributed by atoms with Gasteiger partial charge in [-0.2, -0.15) is 0 Å². The lowest BCUT2D eigenvalue weighted by Crippen LogP contribution is -2.55. The van der Waals surface area contributed by atoms with Crippen LogP contribution in [0, 0.1) is 5.92 Å². The molecule has 4 aliphatic rings. The van der Waals surface area contributed by atoms with Crippen molar-refractivity contribution in [1.29, 1.82) is 0 Å². The van der Waals surface area contributed by atoms with E-state index in [1.807, 2.05) is 96.8 Å². The second kappa shape index (κ2) is 16.2. The normalized spacial score (nSPS) is 23.7. The Labute approximate surface area is 346 Å². The van der Waals surface area contributed by atoms with Gasteiger partial charge in [-0.15, -0.1) is 0 Å². The van der Waals surface area contributed by atoms with Gasteiger partial charge in [-0.05, 0) is 92.6 Å². The Bertz CT molecular complexity index is 2170. The number of nitrogens with zero attached hydrogens (tertiary/aromatic N) is 4. The van der Waals surface area contributed by atoms with Crippen molar-refractivity contribution in [1.82, 2.24) is 10.2 Å². The molecule has 59 heavy (non-hydrogen) atoms. The Hall–Kier alpha value is -5.08. The third kappa shape index (κ3) is 7.21. The number of hydrogen-bond donors (Lipinski definition) is 2. The fraction of sp³-hybridized carbons (Fsp3) is 0.413. The highest BCUT2D eigenvalue weighted by Crippen LogP contribution is 2.61. The van der Waals surface area contributed by atoms with E-state index < -0.39 is 37.1 Å². The lowest BCUT2D eigenvalue weighted by atomic mass is 9.82. The minimum absolute atomic E-state index is 0.0870. The number of piperidine rings is 1. The summed E-state index contributed by atoms with van der Waals surface area (Å²) in [6.45, 7) is 7.46. The van der Waals surface area contributed by atoms with Crippen molar-refractivity contribution in [2.45, 2.75) is 75.2 Å². The van der Waals surface area contributed by atoms with Gasteiger partial charge in [-0.25, -0.2) is 0 Å². The maximum Gasteiger partial charge on any atom is 0.264 e. The average Bonchev–Trinajstić information content (AvgIpc) is 3.78. The van der Waals surface area contributed by atoms with Crippen LogP contribution < -0.4 is 24.8 Å². The predicted molar refractivity (Wildman–Crippen MR) is 228 cm³/mol. The molecule has 8 rings (SSSR count). The zero-order chi connectivity index (χ0) is 41.5. The summed E-state index contributed by atoms with van der Waals surface area (Å²) in [6.07, 6.45) is 0.420. The van der Waals surface area contributed by atoms with Crippen LogP contribution >= 0.6 is 0 Å². The predicted octanol–water partition coefficient (Wildman–Crippen LogP) is 6.36. The molecule has 3 fully saturated rings. The SMILES string of the molecule is COc1ccc2c(c1)[C@]1(O[C@@H](CC(=O)N(CCO)Cc3ccccc3)[C@H]([Si](C)(C)F)[C@H]1C)C(=O)N2Cc1ccc(N2CN(c3ccccc3)C3(CCNCC3)C2=O)cc1. The highest BCUT2D eigenvalue weighted by molar-refractivity contribution is 6.72. The van der Waals surface area contributed by atoms with Gasteiger partial charge < -0.3 is 38.7 Å². The van der Waals surface area contributed by atoms with E-state index in [0.29, 0.717) is 36.5 Å². The van der Waals surface area contributed by atoms with Crippen molar-refractivity contribution in [3.8, 4) is 5.75 Å². The van der Waals surface area contributed by atoms with Crippen molar-refractivity contribution in [3.63, 3.8) is 0 Å². The van der Waals surface area contributed by atoms with E-state index in [0.717, 1.165) is 35.6 Å². The third-order valence-electron chi connectivity index (χ3n) is 13.0. The molecule has 3 amide bonds. The van der Waals surface area contributed by atoms with Crippen LogP contribution in [0.2, 0.25) is 18.6 Å². The Morgan fingerprint density at radius 3 is 2.25 bits per heavy atom. The number of methoxy groups -OCH3 is 1. The first-order valence-corrected chi connectivity index (χ1v) is 23.6. The molecule has 4 aromatic carbocycles. The number of carbonyl (C=O) groups excluding carboxylic acids is 3. The van der Waals surface area contributed by atoms with Gasteiger partial charge in [0, 0.05) is 41.5 Å². The molecule has 11 nitrogen and oxygen atoms in total. The van der Waals surface area contributed by atoms with Crippen molar-refractivity contribution in [2.24, 2.45) is 5.92 Å². The molecule has 2 N–H and O–H groups in total. The number of anilines is 3. The van der Waals surface area contributed by atoms with E-state index in [9.17, 15) is 14.7 Å². The summed E-state index contributed by atoms with van der Waals surface area (Å²) in [5.41, 5.74) is 1.93. The largest absolute Gasteiger partial charge is 0.497 e. The highest BCUT2D eigenvalue weighted by Gasteiger charge is 2.67. The van der Waals surface area contributed by atoms with Crippen molar-refractivity contribution < 1.29 is 33.1 Å². The second-order valence-corrected chi connectivity index (χ2v) is 20.7. The molecule has 0 radical (unpaired) electrons. The number of hydrogen-bond acceptors (Lipinski definition) is 8. The molecule has 4 heterocycles. The number of aliphatic hydroxyl groups excluding tert-OH is 1. The Morgan fingerprint density at radius 2 is 1.61 bits per heavy atom. The standard InChI is InChI=1S/C46H54FN5O6Si/c1-32-42(59(3,4)47)40(28-41(54)49(25-26-53)29-33-11-7-5-8-12-33)58-46(32)38-27-37(57-2)19-20-39(38)50(44(46)56)30-34-15-17-35(18-16-34)51-31-52(36-13-9-6-10-14-36)45(43(51)55)21-23-48-24-22-45/h5-20,27,32,40,42,48,53H,21-26,28-31H2,1-4H3/t32-,40+,42-,46+/m1/s1. The molecule has 0 bridgehead atoms. The van der Waals surface area contributed by atoms with Gasteiger partial charge in [0.25, 0.3) is 11.8 Å². The van der Waals surface area contributed by atoms with Crippen LogP contribution in [0.3, 0.4) is 0 Å². The second-order valence-electron chi connectivity index (χ2n) is 16.9. The molecule has 3 saturated heterocycles. The molecule has 2 spiro atoms. The molecule has 4 atom stereocenters. The van der Waals surface area contributed by atoms with Crippen LogP contribution in [-0.4, -0.2) is 87.8 Å². The lowest BCUT2D eigenvalue weighted by molar-refractivity contribution is -0.150. The van der Waals surface area contributed by atoms with Crippen LogP contribution in [0.25, 0.3) is 0 Å². The van der Waals surface area contributed by atoms with E-state index in [2.05, 4.69) is 22.3 Å². The quantitative estimate of drug-likeness (QED) is 0.126. The number of para-hydroxylation sites is 1. The van der Waals surface area contributed by atoms with Crippen LogP contribution in [0.1, 0.15) is 42.9 Å². The van der Waals surface area contributed by atoms with E-state index in [1.165, 1.54) is 0 Å². The summed E-state index contributed by atoms with van der Waals surface area (Å²) < 4.78 is 29.2. The number of nitrogens with one attached hydrogen (secondary N) is 1. The van der Waals surface area contributed by atoms with Crippen molar-refractivity contribution >= 4 is 43.2 Å². The summed E-state index contributed by atoms with van der Waals surface area (Å²) in [5.74, 6) is -0.566. The fourth-order valence-electron chi connectivity index (χ4n) is 10.2. The van der Waals surface area contributed by atoms with Gasteiger partial charge in [0.1, 0.15) is 11.3 Å². The Balaban J connectivity index is 1.07. The summed E-state index contributed by atoms with van der Waals surface area (Å²) in [6, 6.07) is 32.9. The van der Waals surface area contributed by atoms with Crippen LogP contribution in [-0.2, 0) is 37.8 Å². The van der Waals surface area contributed by atoms with Crippen molar-refractivity contribution in [3.05, 3.63) is 120 Å². The Kier molecular flexibility index (Phi) is 11.2. The van der Waals surface area contributed by atoms with E-state index >= 15 is 8.90 Å². The first-order chi connectivity index (χ1) is 28.4. The maximum atomic E-state index is 16.6. The summed E-state index contributed by atoms with van der Waals surface area (Å²) in [4.78, 5) is 50.8. The topological polar surface area (TPSA) is 115 Å². The molecule has 0 unspecified atom stereocenters. The van der Waals surface area contributed by atoms with E-state index in [4.69, 9.17) is 9.47 Å². The van der Waals surface area contributed by atoms with E-state index in [1.54, 1.807) is 36.1 Å². The molecule has 310 valence electrons. The zero-order valence-electron chi connectivity index (χ0n) is 34.3. The minimum Gasteiger partial charge on any atom is -0.497 e. The molecule has 13 heteroatoms. The summed E-state index contributed by atoms with van der Waals surface area (Å²) in [5, 5.41) is 13.3. The van der Waals surface area contributed by atoms with Gasteiger partial charge in [0.2, 0.25) is 14.3 Å². The molecular weight excluding hydrogens is 766 g/mol. The highest BCUT2D eigenvalue weighted by atomic mass is 28.4. The molecule has 0 aliphatic carbocycles. The van der Waals surface area contributed by atoms with Crippen LogP contribution in [0.4, 0.5) is 21.2 Å². The smallest absolute Gasteiger partial charge is 0.264 e. The summed E-state index contributed by atoms with van der Waals surface area (Å²) >= 11 is 0. The van der Waals surface area contributed by atoms with Gasteiger partial charge in [0.15, 0.2) is 5.60 Å². The third-order valence-corrected chi connectivity index (χ3v) is 15.5. The first kappa shape index (κ1) is 40.7. The van der Waals surface area contributed by atoms with E-state index in [-0.39, 0.29) is 50.4 Å². The van der Waals surface area contributed by atoms with Gasteiger partial charge in [0.05, 0.1) is 45.1 Å². The fourth-order valence-corrected chi connectivity index (χ4v) is 12.7. The number of rotatable bonds is 12. The molecule has 0 saturated carbocycles. The molecule has 0 aromatic heterocycles. The van der Waals surface area contributed by atoms with Crippen LogP contribution in [0.15, 0.2) is 103 Å². The molecule has 4 aliphatic heterocycles.